The molecule has 0 fully saturated rings. The van der Waals surface area contributed by atoms with E-state index in [2.05, 4.69) is 33.9 Å². The number of carbonyl (C=O) groups is 1. The average molecular weight is 326 g/mol. The van der Waals surface area contributed by atoms with Crippen LogP contribution in [0.15, 0.2) is 51.8 Å². The zero-order valence-electron chi connectivity index (χ0n) is 9.15. The number of hydrogen-bond donors (Lipinski definition) is 2. The molecule has 18 heavy (non-hydrogen) atoms. The first-order chi connectivity index (χ1) is 8.58. The van der Waals surface area contributed by atoms with Gasteiger partial charge in [0.25, 0.3) is 5.91 Å². The Bertz CT molecular complexity index is 603. The number of thiol groups is 1. The minimum absolute atomic E-state index is 0.152. The van der Waals surface area contributed by atoms with Gasteiger partial charge in [-0.05, 0) is 46.3 Å². The number of rotatable bonds is 2. The normalized spacial score (nSPS) is 10.2. The van der Waals surface area contributed by atoms with Crippen molar-refractivity contribution in [1.82, 2.24) is 0 Å². The Morgan fingerprint density at radius 1 is 1.22 bits per heavy atom. The zero-order valence-corrected chi connectivity index (χ0v) is 11.6. The van der Waals surface area contributed by atoms with Gasteiger partial charge in [0.1, 0.15) is 5.82 Å². The van der Waals surface area contributed by atoms with Crippen molar-refractivity contribution in [1.29, 1.82) is 0 Å². The van der Waals surface area contributed by atoms with Gasteiger partial charge in [-0.3, -0.25) is 4.79 Å². The molecule has 2 aromatic rings. The molecule has 0 aliphatic rings. The standard InChI is InChI=1S/C13H9BrFNOS/c14-10-6-5-8(18)7-9(10)13(17)16-12-4-2-1-3-11(12)15/h1-7,18H,(H,16,17). The lowest BCUT2D eigenvalue weighted by atomic mass is 10.2. The number of benzene rings is 2. The fourth-order valence-electron chi connectivity index (χ4n) is 1.44. The largest absolute Gasteiger partial charge is 0.319 e. The van der Waals surface area contributed by atoms with Crippen LogP contribution >= 0.6 is 28.6 Å². The third kappa shape index (κ3) is 2.91. The summed E-state index contributed by atoms with van der Waals surface area (Å²) in [5, 5.41) is 2.52. The van der Waals surface area contributed by atoms with Crippen molar-refractivity contribution in [3.05, 3.63) is 58.3 Å². The van der Waals surface area contributed by atoms with Crippen molar-refractivity contribution < 1.29 is 9.18 Å². The van der Waals surface area contributed by atoms with Crippen molar-refractivity contribution >= 4 is 40.2 Å². The Morgan fingerprint density at radius 3 is 2.67 bits per heavy atom. The number of para-hydroxylation sites is 1. The SMILES string of the molecule is O=C(Nc1ccccc1F)c1cc(S)ccc1Br. The van der Waals surface area contributed by atoms with Crippen LogP contribution in [0, 0.1) is 5.82 Å². The lowest BCUT2D eigenvalue weighted by molar-refractivity contribution is 0.102. The Balaban J connectivity index is 2.28. The van der Waals surface area contributed by atoms with E-state index in [0.717, 1.165) is 0 Å². The zero-order chi connectivity index (χ0) is 13.1. The summed E-state index contributed by atoms with van der Waals surface area (Å²) in [6.45, 7) is 0. The van der Waals surface area contributed by atoms with E-state index in [-0.39, 0.29) is 11.6 Å². The molecule has 2 nitrogen and oxygen atoms in total. The van der Waals surface area contributed by atoms with E-state index >= 15 is 0 Å². The number of halogens is 2. The first-order valence-electron chi connectivity index (χ1n) is 5.12. The lowest BCUT2D eigenvalue weighted by Gasteiger charge is -2.08. The molecule has 0 saturated heterocycles. The molecule has 0 unspecified atom stereocenters. The summed E-state index contributed by atoms with van der Waals surface area (Å²) in [6.07, 6.45) is 0. The van der Waals surface area contributed by atoms with Crippen molar-refractivity contribution in [2.75, 3.05) is 5.32 Å². The van der Waals surface area contributed by atoms with Gasteiger partial charge < -0.3 is 5.32 Å². The van der Waals surface area contributed by atoms with Gasteiger partial charge in [-0.15, -0.1) is 12.6 Å². The molecule has 1 amide bonds. The van der Waals surface area contributed by atoms with Crippen LogP contribution in [-0.2, 0) is 0 Å². The second kappa shape index (κ2) is 5.54. The van der Waals surface area contributed by atoms with Crippen LogP contribution in [0.1, 0.15) is 10.4 Å². The predicted molar refractivity (Wildman–Crippen MR) is 75.7 cm³/mol. The van der Waals surface area contributed by atoms with Crippen LogP contribution in [0.3, 0.4) is 0 Å². The molecular formula is C13H9BrFNOS. The number of anilines is 1. The summed E-state index contributed by atoms with van der Waals surface area (Å²) in [6, 6.07) is 11.1. The Labute approximate surface area is 118 Å². The first-order valence-corrected chi connectivity index (χ1v) is 6.36. The van der Waals surface area contributed by atoms with E-state index in [9.17, 15) is 9.18 Å². The molecule has 0 heterocycles. The maximum absolute atomic E-state index is 13.4. The van der Waals surface area contributed by atoms with Crippen LogP contribution in [0.2, 0.25) is 0 Å². The first kappa shape index (κ1) is 13.1. The van der Waals surface area contributed by atoms with Gasteiger partial charge in [0, 0.05) is 9.37 Å². The van der Waals surface area contributed by atoms with Crippen LogP contribution in [0.25, 0.3) is 0 Å². The lowest BCUT2D eigenvalue weighted by Crippen LogP contribution is -2.13. The van der Waals surface area contributed by atoms with Crippen LogP contribution < -0.4 is 5.32 Å². The van der Waals surface area contributed by atoms with E-state index < -0.39 is 5.82 Å². The van der Waals surface area contributed by atoms with Gasteiger partial charge in [-0.25, -0.2) is 4.39 Å². The Kier molecular flexibility index (Phi) is 4.04. The highest BCUT2D eigenvalue weighted by molar-refractivity contribution is 9.10. The van der Waals surface area contributed by atoms with Gasteiger partial charge in [0.05, 0.1) is 11.3 Å². The van der Waals surface area contributed by atoms with Gasteiger partial charge >= 0.3 is 0 Å². The predicted octanol–water partition coefficient (Wildman–Crippen LogP) is 4.13. The smallest absolute Gasteiger partial charge is 0.256 e. The van der Waals surface area contributed by atoms with Crippen LogP contribution in [0.4, 0.5) is 10.1 Å². The van der Waals surface area contributed by atoms with E-state index in [1.165, 1.54) is 12.1 Å². The average Bonchev–Trinajstić information content (AvgIpc) is 2.35. The Morgan fingerprint density at radius 2 is 1.94 bits per heavy atom. The second-order valence-corrected chi connectivity index (χ2v) is 4.97. The fraction of sp³-hybridized carbons (Fsp3) is 0. The fourth-order valence-corrected chi connectivity index (χ4v) is 2.07. The molecule has 0 atom stereocenters. The molecule has 5 heteroatoms. The highest BCUT2D eigenvalue weighted by atomic mass is 79.9. The van der Waals surface area contributed by atoms with Crippen molar-refractivity contribution in [3.63, 3.8) is 0 Å². The summed E-state index contributed by atoms with van der Waals surface area (Å²) in [5.41, 5.74) is 0.560. The van der Waals surface area contributed by atoms with Crippen molar-refractivity contribution in [3.8, 4) is 0 Å². The molecule has 1 N–H and O–H groups in total. The summed E-state index contributed by atoms with van der Waals surface area (Å²) >= 11 is 7.44. The monoisotopic (exact) mass is 325 g/mol. The highest BCUT2D eigenvalue weighted by Crippen LogP contribution is 2.22. The number of carbonyl (C=O) groups excluding carboxylic acids is 1. The number of nitrogens with one attached hydrogen (secondary N) is 1. The molecule has 2 rings (SSSR count). The summed E-state index contributed by atoms with van der Waals surface area (Å²) < 4.78 is 14.0. The van der Waals surface area contributed by atoms with E-state index in [0.29, 0.717) is 14.9 Å². The molecule has 92 valence electrons. The molecule has 0 saturated carbocycles. The van der Waals surface area contributed by atoms with E-state index in [1.807, 2.05) is 0 Å². The molecular weight excluding hydrogens is 317 g/mol. The topological polar surface area (TPSA) is 29.1 Å². The molecule has 0 bridgehead atoms. The van der Waals surface area contributed by atoms with Gasteiger partial charge in [-0.2, -0.15) is 0 Å². The van der Waals surface area contributed by atoms with Gasteiger partial charge in [0.15, 0.2) is 0 Å². The quantitative estimate of drug-likeness (QED) is 0.799. The van der Waals surface area contributed by atoms with E-state index in [1.54, 1.807) is 30.3 Å². The van der Waals surface area contributed by atoms with Crippen molar-refractivity contribution in [2.24, 2.45) is 0 Å². The highest BCUT2D eigenvalue weighted by Gasteiger charge is 2.12. The molecule has 0 aliphatic carbocycles. The molecule has 0 radical (unpaired) electrons. The van der Waals surface area contributed by atoms with Gasteiger partial charge in [0.2, 0.25) is 0 Å². The summed E-state index contributed by atoms with van der Waals surface area (Å²) in [7, 11) is 0. The summed E-state index contributed by atoms with van der Waals surface area (Å²) in [4.78, 5) is 12.7. The maximum atomic E-state index is 13.4. The summed E-state index contributed by atoms with van der Waals surface area (Å²) in [5.74, 6) is -0.855. The number of amides is 1. The van der Waals surface area contributed by atoms with Crippen molar-refractivity contribution in [2.45, 2.75) is 4.90 Å². The molecule has 2 aromatic carbocycles. The number of hydrogen-bond acceptors (Lipinski definition) is 2. The minimum Gasteiger partial charge on any atom is -0.319 e. The van der Waals surface area contributed by atoms with Crippen LogP contribution in [-0.4, -0.2) is 5.91 Å². The minimum atomic E-state index is -0.469. The van der Waals surface area contributed by atoms with Gasteiger partial charge in [-0.1, -0.05) is 12.1 Å². The van der Waals surface area contributed by atoms with E-state index in [4.69, 9.17) is 0 Å². The third-order valence-electron chi connectivity index (χ3n) is 2.32. The molecule has 0 spiro atoms. The Hall–Kier alpha value is -1.33. The second-order valence-electron chi connectivity index (χ2n) is 3.60. The maximum Gasteiger partial charge on any atom is 0.256 e. The molecule has 0 aliphatic heterocycles. The molecule has 0 aromatic heterocycles. The third-order valence-corrected chi connectivity index (χ3v) is 3.29. The van der Waals surface area contributed by atoms with Crippen LogP contribution in [0.5, 0.6) is 0 Å².